The van der Waals surface area contributed by atoms with E-state index in [4.69, 9.17) is 27.7 Å². The van der Waals surface area contributed by atoms with Crippen LogP contribution in [0.2, 0.25) is 10.0 Å². The van der Waals surface area contributed by atoms with Crippen LogP contribution in [-0.4, -0.2) is 10.1 Å². The van der Waals surface area contributed by atoms with E-state index in [1.165, 1.54) is 5.56 Å². The molecule has 0 bridgehead atoms. The third-order valence-corrected chi connectivity index (χ3v) is 4.12. The summed E-state index contributed by atoms with van der Waals surface area (Å²) in [6.45, 7) is 2.74. The van der Waals surface area contributed by atoms with Gasteiger partial charge in [-0.3, -0.25) is 0 Å². The first-order chi connectivity index (χ1) is 11.1. The Hall–Kier alpha value is -1.88. The lowest BCUT2D eigenvalue weighted by Gasteiger charge is -2.09. The topological polar surface area (TPSA) is 55.5 Å². The standard InChI is InChI=1S/C17H15Cl2N3O/c1-11(12-2-6-14(18)7-3-12)20-10-16-21-17(22-23-16)13-4-8-15(19)9-5-13/h2-9,11,20H,10H2,1H3/p+1/t11-/m0/s1. The summed E-state index contributed by atoms with van der Waals surface area (Å²) in [5.41, 5.74) is 2.09. The van der Waals surface area contributed by atoms with Crippen LogP contribution in [0.25, 0.3) is 11.4 Å². The maximum atomic E-state index is 5.91. The molecule has 0 fully saturated rings. The summed E-state index contributed by atoms with van der Waals surface area (Å²) in [5, 5.41) is 7.58. The van der Waals surface area contributed by atoms with Crippen molar-refractivity contribution in [1.82, 2.24) is 10.1 Å². The highest BCUT2D eigenvalue weighted by Gasteiger charge is 2.13. The fourth-order valence-electron chi connectivity index (χ4n) is 2.23. The van der Waals surface area contributed by atoms with Gasteiger partial charge in [0.05, 0.1) is 0 Å². The van der Waals surface area contributed by atoms with Crippen LogP contribution < -0.4 is 5.32 Å². The van der Waals surface area contributed by atoms with E-state index in [0.29, 0.717) is 23.3 Å². The summed E-state index contributed by atoms with van der Waals surface area (Å²) in [5.74, 6) is 1.17. The van der Waals surface area contributed by atoms with E-state index >= 15 is 0 Å². The Morgan fingerprint density at radius 2 is 1.61 bits per heavy atom. The number of hydrogen-bond acceptors (Lipinski definition) is 3. The SMILES string of the molecule is C[C@H]([NH2+]Cc1nc(-c2ccc(Cl)cc2)no1)c1ccc(Cl)cc1. The van der Waals surface area contributed by atoms with Gasteiger partial charge < -0.3 is 9.84 Å². The maximum absolute atomic E-state index is 5.91. The third kappa shape index (κ3) is 4.10. The minimum Gasteiger partial charge on any atom is -0.333 e. The molecule has 0 saturated carbocycles. The van der Waals surface area contributed by atoms with Crippen LogP contribution in [0.1, 0.15) is 24.4 Å². The normalized spacial score (nSPS) is 12.3. The number of quaternary nitrogens is 1. The number of nitrogens with zero attached hydrogens (tertiary/aromatic N) is 2. The first-order valence-electron chi connectivity index (χ1n) is 7.29. The van der Waals surface area contributed by atoms with E-state index in [1.54, 1.807) is 0 Å². The zero-order valence-electron chi connectivity index (χ0n) is 12.5. The lowest BCUT2D eigenvalue weighted by atomic mass is 10.1. The van der Waals surface area contributed by atoms with Gasteiger partial charge in [0.15, 0.2) is 6.54 Å². The van der Waals surface area contributed by atoms with Crippen LogP contribution in [-0.2, 0) is 6.54 Å². The van der Waals surface area contributed by atoms with Crippen molar-refractivity contribution in [3.63, 3.8) is 0 Å². The molecule has 23 heavy (non-hydrogen) atoms. The van der Waals surface area contributed by atoms with Crippen molar-refractivity contribution in [1.29, 1.82) is 0 Å². The number of rotatable bonds is 5. The number of aromatic nitrogens is 2. The molecule has 0 spiro atoms. The van der Waals surface area contributed by atoms with Gasteiger partial charge in [0.25, 0.3) is 5.89 Å². The van der Waals surface area contributed by atoms with Gasteiger partial charge in [0, 0.05) is 21.2 Å². The Kier molecular flexibility index (Phi) is 4.96. The van der Waals surface area contributed by atoms with E-state index in [-0.39, 0.29) is 6.04 Å². The van der Waals surface area contributed by atoms with E-state index < -0.39 is 0 Å². The molecule has 1 aromatic heterocycles. The van der Waals surface area contributed by atoms with E-state index in [9.17, 15) is 0 Å². The summed E-state index contributed by atoms with van der Waals surface area (Å²) in [6.07, 6.45) is 0. The van der Waals surface area contributed by atoms with Crippen LogP contribution in [0.3, 0.4) is 0 Å². The van der Waals surface area contributed by atoms with Crippen LogP contribution in [0, 0.1) is 0 Å². The average molecular weight is 349 g/mol. The molecule has 2 N–H and O–H groups in total. The largest absolute Gasteiger partial charge is 0.333 e. The Balaban J connectivity index is 1.63. The Morgan fingerprint density at radius 3 is 2.26 bits per heavy atom. The van der Waals surface area contributed by atoms with Gasteiger partial charge in [-0.15, -0.1) is 0 Å². The molecule has 0 aliphatic heterocycles. The van der Waals surface area contributed by atoms with Gasteiger partial charge >= 0.3 is 0 Å². The summed E-state index contributed by atoms with van der Waals surface area (Å²) < 4.78 is 5.31. The minimum atomic E-state index is 0.276. The smallest absolute Gasteiger partial charge is 0.282 e. The van der Waals surface area contributed by atoms with Gasteiger partial charge in [0.2, 0.25) is 5.82 Å². The van der Waals surface area contributed by atoms with Crippen molar-refractivity contribution in [2.75, 3.05) is 0 Å². The second-order valence-electron chi connectivity index (χ2n) is 5.30. The fourth-order valence-corrected chi connectivity index (χ4v) is 2.49. The molecule has 0 amide bonds. The summed E-state index contributed by atoms with van der Waals surface area (Å²) in [6, 6.07) is 15.5. The van der Waals surface area contributed by atoms with Gasteiger partial charge in [-0.05, 0) is 43.3 Å². The van der Waals surface area contributed by atoms with Crippen molar-refractivity contribution in [3.05, 3.63) is 70.0 Å². The molecule has 3 aromatic rings. The minimum absolute atomic E-state index is 0.276. The Morgan fingerprint density at radius 1 is 1.00 bits per heavy atom. The molecule has 0 aliphatic rings. The molecule has 1 heterocycles. The summed E-state index contributed by atoms with van der Waals surface area (Å²) >= 11 is 11.8. The molecule has 4 nitrogen and oxygen atoms in total. The van der Waals surface area contributed by atoms with Crippen molar-refractivity contribution >= 4 is 23.2 Å². The van der Waals surface area contributed by atoms with E-state index in [1.807, 2.05) is 48.5 Å². The zero-order valence-corrected chi connectivity index (χ0v) is 14.1. The third-order valence-electron chi connectivity index (χ3n) is 3.61. The molecule has 118 valence electrons. The van der Waals surface area contributed by atoms with Gasteiger partial charge in [-0.2, -0.15) is 4.98 Å². The van der Waals surface area contributed by atoms with E-state index in [0.717, 1.165) is 10.6 Å². The Bertz CT molecular complexity index is 769. The first-order valence-corrected chi connectivity index (χ1v) is 8.05. The van der Waals surface area contributed by atoms with Crippen LogP contribution >= 0.6 is 23.2 Å². The molecular formula is C17H16Cl2N3O+. The number of halogens is 2. The molecule has 0 saturated heterocycles. The van der Waals surface area contributed by atoms with Gasteiger partial charge in [-0.25, -0.2) is 0 Å². The monoisotopic (exact) mass is 348 g/mol. The lowest BCUT2D eigenvalue weighted by Crippen LogP contribution is -2.83. The molecule has 3 rings (SSSR count). The van der Waals surface area contributed by atoms with Crippen molar-refractivity contribution in [2.45, 2.75) is 19.5 Å². The summed E-state index contributed by atoms with van der Waals surface area (Å²) in [7, 11) is 0. The predicted octanol–water partition coefficient (Wildman–Crippen LogP) is 3.87. The second kappa shape index (κ2) is 7.13. The van der Waals surface area contributed by atoms with E-state index in [2.05, 4.69) is 22.4 Å². The fraction of sp³-hybridized carbons (Fsp3) is 0.176. The highest BCUT2D eigenvalue weighted by molar-refractivity contribution is 6.30. The van der Waals surface area contributed by atoms with Crippen LogP contribution in [0.15, 0.2) is 53.1 Å². The average Bonchev–Trinajstić information content (AvgIpc) is 3.03. The zero-order chi connectivity index (χ0) is 16.2. The van der Waals surface area contributed by atoms with Crippen molar-refractivity contribution in [3.8, 4) is 11.4 Å². The molecule has 0 unspecified atom stereocenters. The number of nitrogens with two attached hydrogens (primary N) is 1. The molecule has 6 heteroatoms. The van der Waals surface area contributed by atoms with Gasteiger partial charge in [0.1, 0.15) is 6.04 Å². The molecule has 0 radical (unpaired) electrons. The van der Waals surface area contributed by atoms with Crippen molar-refractivity contribution < 1.29 is 9.84 Å². The second-order valence-corrected chi connectivity index (χ2v) is 6.17. The van der Waals surface area contributed by atoms with Crippen LogP contribution in [0.5, 0.6) is 0 Å². The summed E-state index contributed by atoms with van der Waals surface area (Å²) in [4.78, 5) is 4.42. The quantitative estimate of drug-likeness (QED) is 0.761. The van der Waals surface area contributed by atoms with Gasteiger partial charge in [-0.1, -0.05) is 40.5 Å². The molecular weight excluding hydrogens is 333 g/mol. The highest BCUT2D eigenvalue weighted by Crippen LogP contribution is 2.18. The van der Waals surface area contributed by atoms with Crippen LogP contribution in [0.4, 0.5) is 0 Å². The number of hydrogen-bond donors (Lipinski definition) is 1. The number of benzene rings is 2. The van der Waals surface area contributed by atoms with Crippen molar-refractivity contribution in [2.24, 2.45) is 0 Å². The lowest BCUT2D eigenvalue weighted by molar-refractivity contribution is -0.710. The Labute approximate surface area is 144 Å². The molecule has 0 aliphatic carbocycles. The first kappa shape index (κ1) is 16.0. The molecule has 2 aromatic carbocycles. The molecule has 1 atom stereocenters. The highest BCUT2D eigenvalue weighted by atomic mass is 35.5. The maximum Gasteiger partial charge on any atom is 0.282 e. The predicted molar refractivity (Wildman–Crippen MR) is 90.2 cm³/mol.